The summed E-state index contributed by atoms with van der Waals surface area (Å²) >= 11 is 0. The van der Waals surface area contributed by atoms with E-state index in [2.05, 4.69) is 16.1 Å². The van der Waals surface area contributed by atoms with Crippen LogP contribution in [0, 0.1) is 0 Å². The van der Waals surface area contributed by atoms with E-state index in [9.17, 15) is 0 Å². The van der Waals surface area contributed by atoms with Crippen molar-refractivity contribution in [2.45, 2.75) is 0 Å². The van der Waals surface area contributed by atoms with Gasteiger partial charge in [0.2, 0.25) is 0 Å². The average Bonchev–Trinajstić information content (AvgIpc) is 2.03. The maximum atomic E-state index is 5.55. The molecule has 4 heteroatoms. The zero-order valence-electron chi connectivity index (χ0n) is 5.86. The van der Waals surface area contributed by atoms with Gasteiger partial charge >= 0.3 is 0 Å². The van der Waals surface area contributed by atoms with Gasteiger partial charge in [-0.1, -0.05) is 12.1 Å². The lowest BCUT2D eigenvalue weighted by Gasteiger charge is -1.93. The van der Waals surface area contributed by atoms with Gasteiger partial charge in [-0.25, -0.2) is 0 Å². The monoisotopic (exact) mass is 148 g/mol. The third kappa shape index (κ3) is 1.81. The molecule has 1 aromatic rings. The second-order valence-electron chi connectivity index (χ2n) is 1.90. The largest absolute Gasteiger partial charge is 0.397 e. The van der Waals surface area contributed by atoms with Crippen LogP contribution in [-0.2, 0) is 0 Å². The van der Waals surface area contributed by atoms with Crippen LogP contribution in [0.1, 0.15) is 0 Å². The Morgan fingerprint density at radius 3 is 2.64 bits per heavy atom. The number of aliphatic imine (C=N–C) groups is 1. The van der Waals surface area contributed by atoms with Gasteiger partial charge in [0.15, 0.2) is 0 Å². The lowest BCUT2D eigenvalue weighted by atomic mass is 10.3. The summed E-state index contributed by atoms with van der Waals surface area (Å²) in [5.74, 6) is 4.81. The van der Waals surface area contributed by atoms with Gasteiger partial charge < -0.3 is 11.6 Å². The van der Waals surface area contributed by atoms with E-state index in [0.717, 1.165) is 0 Å². The first-order valence-corrected chi connectivity index (χ1v) is 3.05. The summed E-state index contributed by atoms with van der Waals surface area (Å²) in [6.07, 6.45) is 0. The highest BCUT2D eigenvalue weighted by Gasteiger charge is 1.90. The molecule has 0 unspecified atom stereocenters. The molecule has 56 valence electrons. The number of nitrogens with zero attached hydrogens (tertiary/aromatic N) is 2. The Morgan fingerprint density at radius 2 is 2.00 bits per heavy atom. The fourth-order valence-corrected chi connectivity index (χ4v) is 0.672. The number of rotatable bonds is 1. The van der Waals surface area contributed by atoms with E-state index < -0.39 is 0 Å². The third-order valence-electron chi connectivity index (χ3n) is 1.16. The van der Waals surface area contributed by atoms with Crippen LogP contribution in [0.25, 0.3) is 0 Å². The van der Waals surface area contributed by atoms with E-state index in [1.807, 2.05) is 12.1 Å². The first kappa shape index (κ1) is 7.31. The molecule has 4 N–H and O–H groups in total. The lowest BCUT2D eigenvalue weighted by molar-refractivity contribution is 1.26. The molecule has 0 aliphatic carbocycles. The molecule has 4 nitrogen and oxygen atoms in total. The first-order chi connectivity index (χ1) is 5.34. The Morgan fingerprint density at radius 1 is 1.27 bits per heavy atom. The fraction of sp³-hybridized carbons (Fsp3) is 0. The van der Waals surface area contributed by atoms with Crippen LogP contribution in [0.15, 0.2) is 34.4 Å². The van der Waals surface area contributed by atoms with E-state index in [0.29, 0.717) is 11.4 Å². The Labute approximate surface area is 64.2 Å². The van der Waals surface area contributed by atoms with E-state index >= 15 is 0 Å². The fourth-order valence-electron chi connectivity index (χ4n) is 0.672. The summed E-state index contributed by atoms with van der Waals surface area (Å²) in [5.41, 5.74) is 6.76. The second-order valence-corrected chi connectivity index (χ2v) is 1.90. The molecule has 0 saturated heterocycles. The van der Waals surface area contributed by atoms with Gasteiger partial charge in [-0.2, -0.15) is 4.99 Å². The zero-order valence-corrected chi connectivity index (χ0v) is 5.86. The molecule has 0 aliphatic heterocycles. The lowest BCUT2D eigenvalue weighted by Crippen LogP contribution is -1.83. The summed E-state index contributed by atoms with van der Waals surface area (Å²) in [7, 11) is 0. The van der Waals surface area contributed by atoms with Crippen LogP contribution in [0.5, 0.6) is 0 Å². The number of hydrogen-bond acceptors (Lipinski definition) is 4. The number of nitrogens with two attached hydrogens (primary N) is 2. The minimum Gasteiger partial charge on any atom is -0.397 e. The van der Waals surface area contributed by atoms with Crippen molar-refractivity contribution in [2.24, 2.45) is 15.9 Å². The Hall–Kier alpha value is -1.80. The van der Waals surface area contributed by atoms with E-state index in [1.165, 1.54) is 0 Å². The van der Waals surface area contributed by atoms with E-state index in [4.69, 9.17) is 11.6 Å². The predicted molar refractivity (Wildman–Crippen MR) is 44.6 cm³/mol. The van der Waals surface area contributed by atoms with Crippen molar-refractivity contribution < 1.29 is 0 Å². The standard InChI is InChI=1S/C7H8N4/c8-6-3-1-2-4-7(6)10-5-11-9/h1-4H,8-9H2. The Bertz CT molecular complexity index is 299. The molecule has 0 heterocycles. The molecule has 0 amide bonds. The Kier molecular flexibility index (Phi) is 2.25. The molecule has 1 aromatic carbocycles. The molecule has 0 fully saturated rings. The van der Waals surface area contributed by atoms with Crippen LogP contribution < -0.4 is 11.6 Å². The van der Waals surface area contributed by atoms with Gasteiger partial charge in [0, 0.05) is 0 Å². The van der Waals surface area contributed by atoms with E-state index in [-0.39, 0.29) is 0 Å². The number of hydrogen-bond donors (Lipinski definition) is 2. The summed E-state index contributed by atoms with van der Waals surface area (Å²) in [6.45, 7) is 0. The van der Waals surface area contributed by atoms with Gasteiger partial charge in [0.25, 0.3) is 0 Å². The second kappa shape index (κ2) is 3.39. The number of para-hydroxylation sites is 2. The van der Waals surface area contributed by atoms with Crippen molar-refractivity contribution in [2.75, 3.05) is 5.73 Å². The minimum absolute atomic E-state index is 0.587. The molecule has 0 spiro atoms. The van der Waals surface area contributed by atoms with Crippen molar-refractivity contribution in [1.29, 1.82) is 0 Å². The molecule has 11 heavy (non-hydrogen) atoms. The molecule has 0 bridgehead atoms. The molecule has 0 aromatic heterocycles. The van der Waals surface area contributed by atoms with Gasteiger partial charge in [-0.3, -0.25) is 0 Å². The van der Waals surface area contributed by atoms with Crippen LogP contribution in [-0.4, -0.2) is 6.01 Å². The SMILES string of the molecule is NN=C=Nc1ccccc1N. The number of nitrogen functional groups attached to an aromatic ring is 1. The summed E-state index contributed by atoms with van der Waals surface area (Å²) in [5, 5.41) is 3.10. The molecule has 1 rings (SSSR count). The van der Waals surface area contributed by atoms with Crippen molar-refractivity contribution in [3.8, 4) is 0 Å². The van der Waals surface area contributed by atoms with Gasteiger partial charge in [-0.05, 0) is 12.1 Å². The van der Waals surface area contributed by atoms with Crippen molar-refractivity contribution in [1.82, 2.24) is 0 Å². The van der Waals surface area contributed by atoms with Crippen LogP contribution in [0.2, 0.25) is 0 Å². The van der Waals surface area contributed by atoms with Crippen LogP contribution in [0.3, 0.4) is 0 Å². The molecular formula is C7H8N4. The molecule has 0 radical (unpaired) electrons. The van der Waals surface area contributed by atoms with Crippen LogP contribution in [0.4, 0.5) is 11.4 Å². The highest BCUT2D eigenvalue weighted by atomic mass is 15.1. The zero-order chi connectivity index (χ0) is 8.10. The quantitative estimate of drug-likeness (QED) is 0.269. The van der Waals surface area contributed by atoms with Crippen molar-refractivity contribution in [3.63, 3.8) is 0 Å². The molecule has 0 saturated carbocycles. The number of hydrazone groups is 1. The van der Waals surface area contributed by atoms with Crippen molar-refractivity contribution >= 4 is 17.4 Å². The minimum atomic E-state index is 0.587. The predicted octanol–water partition coefficient (Wildman–Crippen LogP) is 0.948. The topological polar surface area (TPSA) is 76.8 Å². The van der Waals surface area contributed by atoms with Gasteiger partial charge in [-0.15, -0.1) is 5.10 Å². The first-order valence-electron chi connectivity index (χ1n) is 3.05. The van der Waals surface area contributed by atoms with Gasteiger partial charge in [0.1, 0.15) is 6.01 Å². The summed E-state index contributed by atoms with van der Waals surface area (Å²) < 4.78 is 0. The molecular weight excluding hydrogens is 140 g/mol. The average molecular weight is 148 g/mol. The van der Waals surface area contributed by atoms with Crippen molar-refractivity contribution in [3.05, 3.63) is 24.3 Å². The summed E-state index contributed by atoms with van der Waals surface area (Å²) in [6, 6.07) is 9.41. The maximum Gasteiger partial charge on any atom is 0.120 e. The smallest absolute Gasteiger partial charge is 0.120 e. The van der Waals surface area contributed by atoms with E-state index in [1.54, 1.807) is 12.1 Å². The molecule has 0 atom stereocenters. The Balaban J connectivity index is 3.04. The normalized spacial score (nSPS) is 8.36. The van der Waals surface area contributed by atoms with Gasteiger partial charge in [0.05, 0.1) is 11.4 Å². The number of benzene rings is 1. The number of anilines is 1. The van der Waals surface area contributed by atoms with Crippen LogP contribution >= 0.6 is 0 Å². The highest BCUT2D eigenvalue weighted by Crippen LogP contribution is 2.18. The highest BCUT2D eigenvalue weighted by molar-refractivity contribution is 5.66. The summed E-state index contributed by atoms with van der Waals surface area (Å²) in [4.78, 5) is 3.76. The maximum absolute atomic E-state index is 5.55. The molecule has 0 aliphatic rings. The third-order valence-corrected chi connectivity index (χ3v) is 1.16.